The van der Waals surface area contributed by atoms with Crippen LogP contribution in [0.25, 0.3) is 10.9 Å². The minimum Gasteiger partial charge on any atom is -0.504 e. The summed E-state index contributed by atoms with van der Waals surface area (Å²) in [7, 11) is 2.33. The van der Waals surface area contributed by atoms with Crippen molar-refractivity contribution >= 4 is 10.9 Å². The minimum atomic E-state index is -0.0748. The van der Waals surface area contributed by atoms with E-state index < -0.39 is 0 Å². The zero-order valence-electron chi connectivity index (χ0n) is 19.2. The van der Waals surface area contributed by atoms with Gasteiger partial charge >= 0.3 is 0 Å². The van der Waals surface area contributed by atoms with Gasteiger partial charge in [0.25, 0.3) is 0 Å². The van der Waals surface area contributed by atoms with Crippen LogP contribution in [0.3, 0.4) is 0 Å². The molecule has 2 bridgehead atoms. The third-order valence-electron chi connectivity index (χ3n) is 9.45. The molecule has 2 N–H and O–H groups in total. The molecule has 0 amide bonds. The number of phenols is 1. The number of para-hydroxylation sites is 1. The first-order chi connectivity index (χ1) is 15.5. The maximum Gasteiger partial charge on any atom is 0.166 e. The molecule has 2 aliphatic heterocycles. The number of nitrogens with zero attached hydrogens (tertiary/aromatic N) is 1. The molecule has 3 heterocycles. The zero-order valence-corrected chi connectivity index (χ0v) is 19.2. The van der Waals surface area contributed by atoms with E-state index in [9.17, 15) is 5.11 Å². The fourth-order valence-corrected chi connectivity index (χ4v) is 8.10. The monoisotopic (exact) mass is 428 g/mol. The third-order valence-corrected chi connectivity index (χ3v) is 9.45. The smallest absolute Gasteiger partial charge is 0.166 e. The van der Waals surface area contributed by atoms with Crippen LogP contribution >= 0.6 is 0 Å². The molecule has 32 heavy (non-hydrogen) atoms. The number of hydrogen-bond acceptors (Lipinski definition) is 3. The number of aromatic hydroxyl groups is 1. The molecule has 4 aliphatic rings. The number of benzene rings is 2. The molecule has 1 unspecified atom stereocenters. The van der Waals surface area contributed by atoms with Crippen molar-refractivity contribution in [1.29, 1.82) is 0 Å². The van der Waals surface area contributed by atoms with E-state index in [4.69, 9.17) is 4.74 Å². The van der Waals surface area contributed by atoms with Gasteiger partial charge in [0.2, 0.25) is 0 Å². The second-order valence-electron chi connectivity index (χ2n) is 11.2. The molecule has 1 saturated heterocycles. The number of phenolic OH excluding ortho intramolecular Hbond substituents is 1. The van der Waals surface area contributed by atoms with Gasteiger partial charge in [-0.3, -0.25) is 0 Å². The molecule has 1 fully saturated rings. The Morgan fingerprint density at radius 1 is 1.22 bits per heavy atom. The fourth-order valence-electron chi connectivity index (χ4n) is 8.10. The summed E-state index contributed by atoms with van der Waals surface area (Å²) in [6.45, 7) is 5.78. The largest absolute Gasteiger partial charge is 0.504 e. The highest BCUT2D eigenvalue weighted by molar-refractivity contribution is 5.86. The fraction of sp³-hybridized carbons (Fsp3) is 0.500. The van der Waals surface area contributed by atoms with Gasteiger partial charge in [0, 0.05) is 27.9 Å². The Bertz CT molecular complexity index is 1260. The number of nitrogens with one attached hydrogen (secondary N) is 1. The first-order valence-corrected chi connectivity index (χ1v) is 12.3. The highest BCUT2D eigenvalue weighted by atomic mass is 16.5. The van der Waals surface area contributed by atoms with Crippen molar-refractivity contribution in [3.8, 4) is 11.5 Å². The number of hydrogen-bond donors (Lipinski definition) is 2. The Kier molecular flexibility index (Phi) is 3.63. The lowest BCUT2D eigenvalue weighted by Crippen LogP contribution is -2.69. The number of aromatic nitrogens is 1. The van der Waals surface area contributed by atoms with Gasteiger partial charge in [0.15, 0.2) is 11.5 Å². The molecule has 4 nitrogen and oxygen atoms in total. The van der Waals surface area contributed by atoms with Crippen LogP contribution in [0.5, 0.6) is 11.5 Å². The van der Waals surface area contributed by atoms with Crippen molar-refractivity contribution < 1.29 is 9.84 Å². The molecule has 2 aliphatic carbocycles. The first kappa shape index (κ1) is 19.0. The van der Waals surface area contributed by atoms with Crippen LogP contribution < -0.4 is 4.74 Å². The van der Waals surface area contributed by atoms with Gasteiger partial charge in [-0.1, -0.05) is 44.5 Å². The van der Waals surface area contributed by atoms with Gasteiger partial charge in [0.1, 0.15) is 6.10 Å². The van der Waals surface area contributed by atoms with E-state index >= 15 is 0 Å². The molecule has 7 rings (SSSR count). The van der Waals surface area contributed by atoms with Crippen LogP contribution in [-0.2, 0) is 18.3 Å². The summed E-state index contributed by atoms with van der Waals surface area (Å²) in [6.07, 6.45) is 5.59. The van der Waals surface area contributed by atoms with E-state index in [1.54, 1.807) is 0 Å². The second kappa shape index (κ2) is 6.11. The lowest BCUT2D eigenvalue weighted by atomic mass is 9.42. The number of H-pyrrole nitrogens is 1. The number of aromatic amines is 1. The predicted octanol–water partition coefficient (Wildman–Crippen LogP) is 5.48. The minimum absolute atomic E-state index is 0.0515. The molecule has 2 aromatic carbocycles. The Balaban J connectivity index is 1.58. The molecule has 166 valence electrons. The van der Waals surface area contributed by atoms with E-state index in [-0.39, 0.29) is 16.9 Å². The molecule has 4 heteroatoms. The Morgan fingerprint density at radius 2 is 2.06 bits per heavy atom. The Labute approximate surface area is 189 Å². The van der Waals surface area contributed by atoms with Crippen LogP contribution in [0.15, 0.2) is 36.4 Å². The molecular formula is C28H32N2O2. The van der Waals surface area contributed by atoms with E-state index in [0.29, 0.717) is 17.7 Å². The maximum absolute atomic E-state index is 10.9. The summed E-state index contributed by atoms with van der Waals surface area (Å²) < 4.78 is 6.83. The van der Waals surface area contributed by atoms with E-state index in [1.807, 2.05) is 6.07 Å². The average molecular weight is 429 g/mol. The van der Waals surface area contributed by atoms with Gasteiger partial charge in [-0.25, -0.2) is 0 Å². The van der Waals surface area contributed by atoms with Crippen LogP contribution in [0.1, 0.15) is 61.6 Å². The Hall–Kier alpha value is -2.46. The van der Waals surface area contributed by atoms with Gasteiger partial charge in [-0.15, -0.1) is 0 Å². The summed E-state index contributed by atoms with van der Waals surface area (Å²) in [4.78, 5) is 6.41. The molecule has 0 saturated carbocycles. The number of rotatable bonds is 3. The van der Waals surface area contributed by atoms with Gasteiger partial charge in [-0.2, -0.15) is 0 Å². The lowest BCUT2D eigenvalue weighted by Gasteiger charge is -2.65. The van der Waals surface area contributed by atoms with Crippen molar-refractivity contribution in [2.24, 2.45) is 11.3 Å². The van der Waals surface area contributed by atoms with Crippen molar-refractivity contribution in [1.82, 2.24) is 9.88 Å². The SMILES string of the molecule is CC(C)CC[C@@]12Cc3c([nH]c4ccccc34)[C@@H]3Oc4c(O)ccc5c4[C@@]31CCN(C)C2C5. The summed E-state index contributed by atoms with van der Waals surface area (Å²) >= 11 is 0. The quantitative estimate of drug-likeness (QED) is 0.580. The number of piperidine rings is 1. The maximum atomic E-state index is 10.9. The van der Waals surface area contributed by atoms with Gasteiger partial charge in [-0.05, 0) is 68.5 Å². The average Bonchev–Trinajstić information content (AvgIpc) is 3.32. The molecule has 1 spiro atoms. The molecule has 1 aromatic heterocycles. The summed E-state index contributed by atoms with van der Waals surface area (Å²) in [5.74, 6) is 1.73. The third kappa shape index (κ3) is 2.04. The normalized spacial score (nSPS) is 32.1. The summed E-state index contributed by atoms with van der Waals surface area (Å²) in [5.41, 5.74) is 6.65. The second-order valence-corrected chi connectivity index (χ2v) is 11.2. The number of fused-ring (bicyclic) bond motifs is 4. The van der Waals surface area contributed by atoms with Crippen molar-refractivity contribution in [2.75, 3.05) is 13.6 Å². The van der Waals surface area contributed by atoms with Crippen molar-refractivity contribution in [3.05, 3.63) is 58.8 Å². The molecular weight excluding hydrogens is 396 g/mol. The first-order valence-electron chi connectivity index (χ1n) is 12.3. The number of ether oxygens (including phenoxy) is 1. The van der Waals surface area contributed by atoms with Crippen LogP contribution in [0.4, 0.5) is 0 Å². The summed E-state index contributed by atoms with van der Waals surface area (Å²) in [6, 6.07) is 13.2. The highest BCUT2D eigenvalue weighted by Gasteiger charge is 2.72. The van der Waals surface area contributed by atoms with Crippen molar-refractivity contribution in [2.45, 2.75) is 63.5 Å². The topological polar surface area (TPSA) is 48.5 Å². The van der Waals surface area contributed by atoms with E-state index in [2.05, 4.69) is 61.1 Å². The summed E-state index contributed by atoms with van der Waals surface area (Å²) in [5, 5.41) is 12.2. The standard InChI is InChI=1S/C28H32N2O2/c1-16(2)10-11-27-15-19-18-6-4-5-7-20(18)29-24(19)26-28(27)12-13-30(3)22(27)14-17-8-9-21(31)25(32-26)23(17)28/h4-9,16,22,26,29,31H,10-15H2,1-3H3/t22?,26-,27-,28-/m0/s1. The number of likely N-dealkylation sites (N-methyl/N-ethyl adjacent to an activating group) is 1. The predicted molar refractivity (Wildman–Crippen MR) is 126 cm³/mol. The molecule has 4 atom stereocenters. The number of likely N-dealkylation sites (tertiary alicyclic amines) is 1. The molecule has 0 radical (unpaired) electrons. The van der Waals surface area contributed by atoms with Crippen LogP contribution in [0, 0.1) is 11.3 Å². The molecule has 3 aromatic rings. The van der Waals surface area contributed by atoms with E-state index in [0.717, 1.165) is 31.6 Å². The lowest BCUT2D eigenvalue weighted by molar-refractivity contribution is -0.108. The van der Waals surface area contributed by atoms with Gasteiger partial charge in [0.05, 0.1) is 11.1 Å². The van der Waals surface area contributed by atoms with Crippen LogP contribution in [-0.4, -0.2) is 34.6 Å². The highest BCUT2D eigenvalue weighted by Crippen LogP contribution is 2.73. The van der Waals surface area contributed by atoms with Crippen LogP contribution in [0.2, 0.25) is 0 Å². The Morgan fingerprint density at radius 3 is 2.91 bits per heavy atom. The zero-order chi connectivity index (χ0) is 21.8. The van der Waals surface area contributed by atoms with Crippen molar-refractivity contribution in [3.63, 3.8) is 0 Å². The van der Waals surface area contributed by atoms with E-state index in [1.165, 1.54) is 46.1 Å². The van der Waals surface area contributed by atoms with Gasteiger partial charge < -0.3 is 19.7 Å².